The van der Waals surface area contributed by atoms with Crippen LogP contribution in [-0.2, 0) is 16.0 Å². The number of hydrogen-bond donors (Lipinski definition) is 0. The summed E-state index contributed by atoms with van der Waals surface area (Å²) in [6, 6.07) is 4.31. The van der Waals surface area contributed by atoms with Crippen LogP contribution in [0.2, 0.25) is 0 Å². The Kier molecular flexibility index (Phi) is 4.51. The molecule has 0 spiro atoms. The Hall–Kier alpha value is -2.03. The molecule has 3 nitrogen and oxygen atoms in total. The fraction of sp³-hybridized carbons (Fsp3) is 0.389. The van der Waals surface area contributed by atoms with Gasteiger partial charge in [-0.2, -0.15) is 0 Å². The predicted molar refractivity (Wildman–Crippen MR) is 87.3 cm³/mol. The largest absolute Gasteiger partial charge is 0.462 e. The van der Waals surface area contributed by atoms with Crippen LogP contribution in [0.3, 0.4) is 0 Å². The molecule has 0 saturated heterocycles. The molecule has 21 heavy (non-hydrogen) atoms. The van der Waals surface area contributed by atoms with Crippen molar-refractivity contribution in [3.05, 3.63) is 47.2 Å². The zero-order chi connectivity index (χ0) is 15.6. The fourth-order valence-electron chi connectivity index (χ4n) is 2.77. The number of carbonyl (C=O) groups excluding carboxylic acids is 1. The average Bonchev–Trinajstić information content (AvgIpc) is 2.47. The van der Waals surface area contributed by atoms with Gasteiger partial charge in [0.1, 0.15) is 0 Å². The molecule has 1 aromatic carbocycles. The highest BCUT2D eigenvalue weighted by Crippen LogP contribution is 2.39. The van der Waals surface area contributed by atoms with Crippen molar-refractivity contribution in [1.29, 1.82) is 0 Å². The minimum atomic E-state index is -0.300. The van der Waals surface area contributed by atoms with Crippen LogP contribution in [0, 0.1) is 6.92 Å². The second-order valence-electron chi connectivity index (χ2n) is 5.20. The third kappa shape index (κ3) is 2.73. The number of nitrogens with zero attached hydrogens (tertiary/aromatic N) is 1. The Labute approximate surface area is 126 Å². The van der Waals surface area contributed by atoms with E-state index in [1.54, 1.807) is 0 Å². The lowest BCUT2D eigenvalue weighted by Gasteiger charge is -2.31. The molecule has 0 aliphatic carbocycles. The highest BCUT2D eigenvalue weighted by atomic mass is 16.5. The fourth-order valence-corrected chi connectivity index (χ4v) is 2.77. The summed E-state index contributed by atoms with van der Waals surface area (Å²) in [5.41, 5.74) is 5.99. The molecular formula is C18H23NO2. The zero-order valence-electron chi connectivity index (χ0n) is 13.3. The van der Waals surface area contributed by atoms with Crippen LogP contribution in [-0.4, -0.2) is 19.1 Å². The first-order chi connectivity index (χ1) is 10.0. The number of rotatable bonds is 4. The summed E-state index contributed by atoms with van der Waals surface area (Å²) >= 11 is 0. The number of hydrogen-bond acceptors (Lipinski definition) is 3. The van der Waals surface area contributed by atoms with Crippen LogP contribution in [0.25, 0.3) is 5.57 Å². The van der Waals surface area contributed by atoms with Gasteiger partial charge in [-0.05, 0) is 44.4 Å². The van der Waals surface area contributed by atoms with E-state index in [2.05, 4.69) is 44.4 Å². The van der Waals surface area contributed by atoms with Crippen molar-refractivity contribution in [3.63, 3.8) is 0 Å². The lowest BCUT2D eigenvalue weighted by molar-refractivity contribution is -0.138. The first-order valence-corrected chi connectivity index (χ1v) is 7.52. The van der Waals surface area contributed by atoms with Gasteiger partial charge in [0.25, 0.3) is 0 Å². The van der Waals surface area contributed by atoms with Crippen molar-refractivity contribution < 1.29 is 9.53 Å². The van der Waals surface area contributed by atoms with Crippen molar-refractivity contribution in [2.75, 3.05) is 18.1 Å². The van der Waals surface area contributed by atoms with Crippen molar-refractivity contribution in [2.45, 2.75) is 34.1 Å². The molecule has 0 aromatic heterocycles. The molecule has 0 atom stereocenters. The van der Waals surface area contributed by atoms with Crippen molar-refractivity contribution in [2.24, 2.45) is 0 Å². The van der Waals surface area contributed by atoms with Crippen LogP contribution in [0.4, 0.5) is 5.69 Å². The number of esters is 1. The van der Waals surface area contributed by atoms with Crippen LogP contribution in [0.5, 0.6) is 0 Å². The van der Waals surface area contributed by atoms with E-state index in [1.165, 1.54) is 16.8 Å². The third-order valence-corrected chi connectivity index (χ3v) is 3.77. The summed E-state index contributed by atoms with van der Waals surface area (Å²) < 4.78 is 5.15. The molecular weight excluding hydrogens is 262 g/mol. The summed E-state index contributed by atoms with van der Waals surface area (Å²) in [7, 11) is 0. The predicted octanol–water partition coefficient (Wildman–Crippen LogP) is 3.86. The van der Waals surface area contributed by atoms with Gasteiger partial charge in [-0.15, -0.1) is 0 Å². The maximum absolute atomic E-state index is 12.1. The Morgan fingerprint density at radius 1 is 1.29 bits per heavy atom. The summed E-state index contributed by atoms with van der Waals surface area (Å²) in [6.07, 6.45) is 2.83. The minimum Gasteiger partial charge on any atom is -0.462 e. The maximum atomic E-state index is 12.1. The quantitative estimate of drug-likeness (QED) is 0.787. The average molecular weight is 285 g/mol. The highest BCUT2D eigenvalue weighted by molar-refractivity contribution is 6.09. The first-order valence-electron chi connectivity index (χ1n) is 7.52. The molecule has 0 fully saturated rings. The molecule has 2 rings (SSSR count). The van der Waals surface area contributed by atoms with Gasteiger partial charge < -0.3 is 9.64 Å². The van der Waals surface area contributed by atoms with Gasteiger partial charge in [0.15, 0.2) is 0 Å². The molecule has 1 aliphatic rings. The van der Waals surface area contributed by atoms with Crippen molar-refractivity contribution in [3.8, 4) is 0 Å². The zero-order valence-corrected chi connectivity index (χ0v) is 13.3. The normalized spacial score (nSPS) is 13.8. The van der Waals surface area contributed by atoms with Gasteiger partial charge in [0.2, 0.25) is 0 Å². The van der Waals surface area contributed by atoms with Crippen LogP contribution in [0.15, 0.2) is 30.5 Å². The van der Waals surface area contributed by atoms with E-state index in [4.69, 9.17) is 4.74 Å². The number of ether oxygens (including phenoxy) is 1. The summed E-state index contributed by atoms with van der Waals surface area (Å²) in [5, 5.41) is 0. The van der Waals surface area contributed by atoms with E-state index in [0.717, 1.165) is 24.1 Å². The standard InChI is InChI=1S/C18H23NO2/c1-6-14-9-12(4)10-15-13(5)16(18(20)21-8-3)11-19(7-2)17(14)15/h9-11H,5-8H2,1-4H3. The van der Waals surface area contributed by atoms with E-state index >= 15 is 0 Å². The van der Waals surface area contributed by atoms with E-state index in [1.807, 2.05) is 13.1 Å². The third-order valence-electron chi connectivity index (χ3n) is 3.77. The Balaban J connectivity index is 2.58. The van der Waals surface area contributed by atoms with Crippen LogP contribution >= 0.6 is 0 Å². The Morgan fingerprint density at radius 3 is 2.57 bits per heavy atom. The molecule has 1 aliphatic heterocycles. The molecule has 0 N–H and O–H groups in total. The minimum absolute atomic E-state index is 0.300. The molecule has 112 valence electrons. The summed E-state index contributed by atoms with van der Waals surface area (Å²) in [5.74, 6) is -0.300. The number of fused-ring (bicyclic) bond motifs is 1. The Bertz CT molecular complexity index is 614. The molecule has 0 amide bonds. The molecule has 1 aromatic rings. The molecule has 1 heterocycles. The number of aryl methyl sites for hydroxylation is 2. The van der Waals surface area contributed by atoms with Crippen molar-refractivity contribution >= 4 is 17.2 Å². The van der Waals surface area contributed by atoms with E-state index in [-0.39, 0.29) is 5.97 Å². The summed E-state index contributed by atoms with van der Waals surface area (Å²) in [4.78, 5) is 14.3. The summed E-state index contributed by atoms with van der Waals surface area (Å²) in [6.45, 7) is 13.4. The monoisotopic (exact) mass is 285 g/mol. The van der Waals surface area contributed by atoms with Gasteiger partial charge in [-0.3, -0.25) is 0 Å². The Morgan fingerprint density at radius 2 is 2.00 bits per heavy atom. The molecule has 0 radical (unpaired) electrons. The second-order valence-corrected chi connectivity index (χ2v) is 5.20. The smallest absolute Gasteiger partial charge is 0.340 e. The maximum Gasteiger partial charge on any atom is 0.340 e. The van der Waals surface area contributed by atoms with Crippen LogP contribution < -0.4 is 4.90 Å². The van der Waals surface area contributed by atoms with E-state index < -0.39 is 0 Å². The first kappa shape index (κ1) is 15.4. The van der Waals surface area contributed by atoms with E-state index in [0.29, 0.717) is 12.2 Å². The van der Waals surface area contributed by atoms with Gasteiger partial charge in [0, 0.05) is 18.3 Å². The van der Waals surface area contributed by atoms with Gasteiger partial charge >= 0.3 is 5.97 Å². The molecule has 0 unspecified atom stereocenters. The molecule has 0 bridgehead atoms. The van der Waals surface area contributed by atoms with Gasteiger partial charge in [0.05, 0.1) is 17.9 Å². The topological polar surface area (TPSA) is 29.5 Å². The number of carbonyl (C=O) groups is 1. The second kappa shape index (κ2) is 6.17. The van der Waals surface area contributed by atoms with E-state index in [9.17, 15) is 4.79 Å². The van der Waals surface area contributed by atoms with Gasteiger partial charge in [-0.25, -0.2) is 4.79 Å². The van der Waals surface area contributed by atoms with Crippen molar-refractivity contribution in [1.82, 2.24) is 0 Å². The number of anilines is 1. The lowest BCUT2D eigenvalue weighted by atomic mass is 9.90. The SMILES string of the molecule is C=C1C(C(=O)OCC)=CN(CC)c2c(CC)cc(C)cc21. The lowest BCUT2D eigenvalue weighted by Crippen LogP contribution is -2.25. The van der Waals surface area contributed by atoms with Gasteiger partial charge in [-0.1, -0.05) is 25.1 Å². The highest BCUT2D eigenvalue weighted by Gasteiger charge is 2.27. The van der Waals surface area contributed by atoms with Crippen LogP contribution in [0.1, 0.15) is 37.5 Å². The molecule has 3 heteroatoms. The molecule has 0 saturated carbocycles. The number of benzene rings is 1.